The minimum absolute atomic E-state index is 0.0694. The molecule has 13 heavy (non-hydrogen) atoms. The Morgan fingerprint density at radius 3 is 2.77 bits per heavy atom. The van der Waals surface area contributed by atoms with E-state index in [-0.39, 0.29) is 18.0 Å². The number of rotatable bonds is 0. The lowest BCUT2D eigenvalue weighted by atomic mass is 9.88. The van der Waals surface area contributed by atoms with Crippen molar-refractivity contribution in [2.75, 3.05) is 6.54 Å². The van der Waals surface area contributed by atoms with E-state index in [0.717, 1.165) is 25.8 Å². The number of carbonyl (C=O) groups excluding carboxylic acids is 2. The lowest BCUT2D eigenvalue weighted by Gasteiger charge is -2.24. The Morgan fingerprint density at radius 1 is 1.23 bits per heavy atom. The lowest BCUT2D eigenvalue weighted by molar-refractivity contribution is -0.129. The Kier molecular flexibility index (Phi) is 2.17. The van der Waals surface area contributed by atoms with Crippen LogP contribution >= 0.6 is 0 Å². The van der Waals surface area contributed by atoms with Gasteiger partial charge in [0, 0.05) is 13.0 Å². The lowest BCUT2D eigenvalue weighted by Crippen LogP contribution is -2.50. The molecule has 0 aromatic rings. The van der Waals surface area contributed by atoms with Crippen LogP contribution in [0.25, 0.3) is 0 Å². The zero-order valence-electron chi connectivity index (χ0n) is 7.56. The van der Waals surface area contributed by atoms with Gasteiger partial charge in [0.05, 0.1) is 12.0 Å². The van der Waals surface area contributed by atoms with Crippen LogP contribution in [0.3, 0.4) is 0 Å². The first-order valence-corrected chi connectivity index (χ1v) is 4.78. The van der Waals surface area contributed by atoms with Crippen molar-refractivity contribution in [3.8, 4) is 0 Å². The maximum Gasteiger partial charge on any atom is 0.161 e. The van der Waals surface area contributed by atoms with Gasteiger partial charge in [-0.25, -0.2) is 5.43 Å². The summed E-state index contributed by atoms with van der Waals surface area (Å²) in [5, 5.41) is 0. The molecule has 1 heterocycles. The molecule has 0 aromatic carbocycles. The SMILES string of the molecule is O=C1CCCC2(CCNN2)C(=O)C1. The summed E-state index contributed by atoms with van der Waals surface area (Å²) < 4.78 is 0. The molecule has 1 atom stereocenters. The predicted octanol–water partition coefficient (Wildman–Crippen LogP) is -0.0647. The van der Waals surface area contributed by atoms with Crippen LogP contribution in [-0.2, 0) is 9.59 Å². The van der Waals surface area contributed by atoms with Gasteiger partial charge in [-0.2, -0.15) is 0 Å². The maximum absolute atomic E-state index is 11.7. The van der Waals surface area contributed by atoms with E-state index in [1.165, 1.54) is 0 Å². The van der Waals surface area contributed by atoms with E-state index in [9.17, 15) is 9.59 Å². The molecule has 0 bridgehead atoms. The minimum Gasteiger partial charge on any atom is -0.299 e. The van der Waals surface area contributed by atoms with Gasteiger partial charge in [0.25, 0.3) is 0 Å². The number of hydrogen-bond donors (Lipinski definition) is 2. The van der Waals surface area contributed by atoms with Crippen molar-refractivity contribution in [1.29, 1.82) is 0 Å². The van der Waals surface area contributed by atoms with E-state index in [1.54, 1.807) is 0 Å². The van der Waals surface area contributed by atoms with Gasteiger partial charge in [0.1, 0.15) is 5.78 Å². The summed E-state index contributed by atoms with van der Waals surface area (Å²) in [6.45, 7) is 0.819. The van der Waals surface area contributed by atoms with Crippen molar-refractivity contribution in [3.63, 3.8) is 0 Å². The van der Waals surface area contributed by atoms with Crippen LogP contribution in [0.15, 0.2) is 0 Å². The number of carbonyl (C=O) groups is 2. The van der Waals surface area contributed by atoms with Crippen LogP contribution in [0.2, 0.25) is 0 Å². The van der Waals surface area contributed by atoms with Gasteiger partial charge < -0.3 is 0 Å². The van der Waals surface area contributed by atoms with Gasteiger partial charge in [-0.05, 0) is 19.3 Å². The molecule has 2 aliphatic rings. The quantitative estimate of drug-likeness (QED) is 0.515. The van der Waals surface area contributed by atoms with E-state index in [1.807, 2.05) is 0 Å². The number of ketones is 2. The molecule has 1 saturated carbocycles. The molecule has 1 aliphatic carbocycles. The number of Topliss-reactive ketones (excluding diaryl/α,β-unsaturated/α-hetero) is 2. The second kappa shape index (κ2) is 3.20. The highest BCUT2D eigenvalue weighted by Gasteiger charge is 2.42. The molecule has 1 saturated heterocycles. The van der Waals surface area contributed by atoms with Crippen LogP contribution in [0.1, 0.15) is 32.1 Å². The van der Waals surface area contributed by atoms with Gasteiger partial charge in [-0.15, -0.1) is 0 Å². The molecule has 1 aliphatic heterocycles. The second-order valence-corrected chi connectivity index (χ2v) is 3.88. The molecule has 2 rings (SSSR count). The Bertz CT molecular complexity index is 244. The number of hydrogen-bond acceptors (Lipinski definition) is 4. The van der Waals surface area contributed by atoms with Gasteiger partial charge in [-0.3, -0.25) is 15.0 Å². The van der Waals surface area contributed by atoms with Crippen molar-refractivity contribution in [1.82, 2.24) is 10.9 Å². The molecule has 0 aromatic heterocycles. The van der Waals surface area contributed by atoms with Crippen LogP contribution in [-0.4, -0.2) is 23.7 Å². The normalized spacial score (nSPS) is 35.4. The molecule has 0 radical (unpaired) electrons. The summed E-state index contributed by atoms with van der Waals surface area (Å²) in [5.41, 5.74) is 5.58. The second-order valence-electron chi connectivity index (χ2n) is 3.88. The van der Waals surface area contributed by atoms with E-state index in [2.05, 4.69) is 10.9 Å². The summed E-state index contributed by atoms with van der Waals surface area (Å²) >= 11 is 0. The first kappa shape index (κ1) is 8.84. The van der Waals surface area contributed by atoms with Gasteiger partial charge in [0.15, 0.2) is 5.78 Å². The largest absolute Gasteiger partial charge is 0.299 e. The topological polar surface area (TPSA) is 58.2 Å². The van der Waals surface area contributed by atoms with E-state index in [0.29, 0.717) is 6.42 Å². The van der Waals surface area contributed by atoms with Crippen LogP contribution in [0, 0.1) is 0 Å². The van der Waals surface area contributed by atoms with Crippen LogP contribution < -0.4 is 10.9 Å². The summed E-state index contributed by atoms with van der Waals surface area (Å²) in [7, 11) is 0. The molecule has 2 N–H and O–H groups in total. The standard InChI is InChI=1S/C9H14N2O2/c12-7-2-1-3-9(8(13)6-7)4-5-10-11-9/h10-11H,1-6H2. The fraction of sp³-hybridized carbons (Fsp3) is 0.778. The van der Waals surface area contributed by atoms with E-state index in [4.69, 9.17) is 0 Å². The number of hydrazine groups is 1. The van der Waals surface area contributed by atoms with Crippen molar-refractivity contribution in [2.24, 2.45) is 0 Å². The Morgan fingerprint density at radius 2 is 2.08 bits per heavy atom. The molecule has 2 fully saturated rings. The summed E-state index contributed by atoms with van der Waals surface area (Å²) in [6.07, 6.45) is 3.13. The third kappa shape index (κ3) is 1.51. The van der Waals surface area contributed by atoms with Crippen molar-refractivity contribution in [3.05, 3.63) is 0 Å². The van der Waals surface area contributed by atoms with Crippen molar-refractivity contribution >= 4 is 11.6 Å². The average Bonchev–Trinajstić information content (AvgIpc) is 2.48. The van der Waals surface area contributed by atoms with Gasteiger partial charge >= 0.3 is 0 Å². The molecule has 0 amide bonds. The smallest absolute Gasteiger partial charge is 0.161 e. The van der Waals surface area contributed by atoms with Gasteiger partial charge in [0.2, 0.25) is 0 Å². The highest BCUT2D eigenvalue weighted by atomic mass is 16.2. The Labute approximate surface area is 77.0 Å². The van der Waals surface area contributed by atoms with Crippen LogP contribution in [0.4, 0.5) is 0 Å². The summed E-state index contributed by atoms with van der Waals surface area (Å²) in [4.78, 5) is 22.9. The highest BCUT2D eigenvalue weighted by molar-refractivity contribution is 6.04. The fourth-order valence-electron chi connectivity index (χ4n) is 2.13. The third-order valence-corrected chi connectivity index (χ3v) is 2.96. The maximum atomic E-state index is 11.7. The molecular formula is C9H14N2O2. The minimum atomic E-state index is -0.424. The molecule has 4 heteroatoms. The predicted molar refractivity (Wildman–Crippen MR) is 47.0 cm³/mol. The number of nitrogens with one attached hydrogen (secondary N) is 2. The summed E-state index contributed by atoms with van der Waals surface area (Å²) in [6, 6.07) is 0. The molecule has 1 unspecified atom stereocenters. The first-order valence-electron chi connectivity index (χ1n) is 4.78. The van der Waals surface area contributed by atoms with Crippen LogP contribution in [0.5, 0.6) is 0 Å². The van der Waals surface area contributed by atoms with E-state index >= 15 is 0 Å². The molecular weight excluding hydrogens is 168 g/mol. The van der Waals surface area contributed by atoms with Crippen molar-refractivity contribution < 1.29 is 9.59 Å². The van der Waals surface area contributed by atoms with Crippen molar-refractivity contribution in [2.45, 2.75) is 37.6 Å². The molecule has 4 nitrogen and oxygen atoms in total. The van der Waals surface area contributed by atoms with Gasteiger partial charge in [-0.1, -0.05) is 0 Å². The average molecular weight is 182 g/mol. The molecule has 72 valence electrons. The Balaban J connectivity index is 2.17. The first-order chi connectivity index (χ1) is 6.23. The summed E-state index contributed by atoms with van der Waals surface area (Å²) in [5.74, 6) is 0.163. The fourth-order valence-corrected chi connectivity index (χ4v) is 2.13. The Hall–Kier alpha value is -0.740. The van der Waals surface area contributed by atoms with E-state index < -0.39 is 5.54 Å². The molecule has 1 spiro atoms. The third-order valence-electron chi connectivity index (χ3n) is 2.96. The monoisotopic (exact) mass is 182 g/mol. The highest BCUT2D eigenvalue weighted by Crippen LogP contribution is 2.27. The zero-order chi connectivity index (χ0) is 9.31. The zero-order valence-corrected chi connectivity index (χ0v) is 7.56.